The number of hydrogen-bond acceptors (Lipinski definition) is 5. The third-order valence-electron chi connectivity index (χ3n) is 4.04. The van der Waals surface area contributed by atoms with E-state index in [0.717, 1.165) is 22.7 Å². The van der Waals surface area contributed by atoms with E-state index in [1.165, 1.54) is 0 Å². The van der Waals surface area contributed by atoms with Crippen LogP contribution in [0.15, 0.2) is 53.4 Å². The van der Waals surface area contributed by atoms with Gasteiger partial charge in [-0.1, -0.05) is 6.07 Å². The second-order valence-electron chi connectivity index (χ2n) is 6.37. The van der Waals surface area contributed by atoms with E-state index in [9.17, 15) is 5.11 Å². The quantitative estimate of drug-likeness (QED) is 0.682. The van der Waals surface area contributed by atoms with E-state index in [0.29, 0.717) is 26.2 Å². The van der Waals surface area contributed by atoms with Crippen LogP contribution in [0.4, 0.5) is 0 Å². The molecule has 0 spiro atoms. The van der Waals surface area contributed by atoms with Crippen LogP contribution in [0.25, 0.3) is 0 Å². The summed E-state index contributed by atoms with van der Waals surface area (Å²) >= 11 is 0. The van der Waals surface area contributed by atoms with Gasteiger partial charge in [0.05, 0.1) is 31.2 Å². The number of furan rings is 1. The molecule has 0 bridgehead atoms. The fourth-order valence-electron chi connectivity index (χ4n) is 2.97. The zero-order valence-electron chi connectivity index (χ0n) is 14.7. The summed E-state index contributed by atoms with van der Waals surface area (Å²) in [4.78, 5) is 6.33. The molecule has 0 amide bonds. The highest BCUT2D eigenvalue weighted by Crippen LogP contribution is 2.12. The predicted molar refractivity (Wildman–Crippen MR) is 94.8 cm³/mol. The minimum Gasteiger partial charge on any atom is -0.468 e. The molecule has 0 aliphatic heterocycles. The van der Waals surface area contributed by atoms with E-state index in [2.05, 4.69) is 15.0 Å². The predicted octanol–water partition coefficient (Wildman–Crippen LogP) is 2.55. The van der Waals surface area contributed by atoms with Gasteiger partial charge < -0.3 is 9.52 Å². The van der Waals surface area contributed by atoms with Gasteiger partial charge in [0.15, 0.2) is 0 Å². The smallest absolute Gasteiger partial charge is 0.117 e. The van der Waals surface area contributed by atoms with Crippen LogP contribution in [0, 0.1) is 13.8 Å². The summed E-state index contributed by atoms with van der Waals surface area (Å²) in [5.41, 5.74) is 3.13. The molecule has 0 saturated carbocycles. The van der Waals surface area contributed by atoms with Crippen molar-refractivity contribution in [2.45, 2.75) is 39.6 Å². The molecule has 132 valence electrons. The van der Waals surface area contributed by atoms with Crippen LogP contribution in [-0.2, 0) is 19.6 Å². The molecule has 1 atom stereocenters. The van der Waals surface area contributed by atoms with Crippen LogP contribution < -0.4 is 0 Å². The second-order valence-corrected chi connectivity index (χ2v) is 6.37. The van der Waals surface area contributed by atoms with E-state index in [1.807, 2.05) is 55.1 Å². The molecule has 3 aromatic rings. The van der Waals surface area contributed by atoms with Crippen molar-refractivity contribution in [2.75, 3.05) is 6.54 Å². The van der Waals surface area contributed by atoms with Crippen molar-refractivity contribution in [2.24, 2.45) is 0 Å². The van der Waals surface area contributed by atoms with Crippen LogP contribution in [0.1, 0.15) is 22.7 Å². The zero-order chi connectivity index (χ0) is 17.6. The minimum atomic E-state index is -0.523. The van der Waals surface area contributed by atoms with Gasteiger partial charge in [-0.3, -0.25) is 14.6 Å². The summed E-state index contributed by atoms with van der Waals surface area (Å²) in [6.07, 6.45) is 4.76. The van der Waals surface area contributed by atoms with Gasteiger partial charge in [0.2, 0.25) is 0 Å². The third-order valence-corrected chi connectivity index (χ3v) is 4.04. The van der Waals surface area contributed by atoms with Gasteiger partial charge in [-0.05, 0) is 43.7 Å². The van der Waals surface area contributed by atoms with Crippen LogP contribution in [0.5, 0.6) is 0 Å². The molecule has 1 unspecified atom stereocenters. The molecular weight excluding hydrogens is 316 g/mol. The molecule has 0 fully saturated rings. The molecule has 6 heteroatoms. The van der Waals surface area contributed by atoms with Crippen LogP contribution in [0.2, 0.25) is 0 Å². The molecule has 3 aromatic heterocycles. The lowest BCUT2D eigenvalue weighted by Gasteiger charge is -2.24. The lowest BCUT2D eigenvalue weighted by Crippen LogP contribution is -2.34. The maximum atomic E-state index is 10.6. The number of aliphatic hydroxyl groups excluding tert-OH is 1. The van der Waals surface area contributed by atoms with Crippen LogP contribution in [0.3, 0.4) is 0 Å². The van der Waals surface area contributed by atoms with Gasteiger partial charge in [-0.2, -0.15) is 5.10 Å². The molecule has 3 rings (SSSR count). The van der Waals surface area contributed by atoms with E-state index < -0.39 is 6.10 Å². The van der Waals surface area contributed by atoms with E-state index in [1.54, 1.807) is 12.5 Å². The highest BCUT2D eigenvalue weighted by molar-refractivity contribution is 5.09. The summed E-state index contributed by atoms with van der Waals surface area (Å²) in [5, 5.41) is 15.0. The molecule has 1 N–H and O–H groups in total. The van der Waals surface area contributed by atoms with Gasteiger partial charge in [0, 0.05) is 31.2 Å². The number of aliphatic hydroxyl groups is 1. The molecule has 0 saturated heterocycles. The second kappa shape index (κ2) is 8.09. The molecule has 3 heterocycles. The highest BCUT2D eigenvalue weighted by Gasteiger charge is 2.16. The van der Waals surface area contributed by atoms with Crippen molar-refractivity contribution in [1.29, 1.82) is 0 Å². The van der Waals surface area contributed by atoms with E-state index >= 15 is 0 Å². The Morgan fingerprint density at radius 1 is 1.24 bits per heavy atom. The average Bonchev–Trinajstić information content (AvgIpc) is 3.18. The third kappa shape index (κ3) is 5.01. The normalized spacial score (nSPS) is 12.6. The van der Waals surface area contributed by atoms with Gasteiger partial charge in [-0.25, -0.2) is 0 Å². The average molecular weight is 340 g/mol. The Morgan fingerprint density at radius 3 is 2.76 bits per heavy atom. The molecule has 0 radical (unpaired) electrons. The summed E-state index contributed by atoms with van der Waals surface area (Å²) in [6, 6.07) is 9.80. The first kappa shape index (κ1) is 17.4. The fraction of sp³-hybridized carbons (Fsp3) is 0.368. The summed E-state index contributed by atoms with van der Waals surface area (Å²) in [6.45, 7) is 6.29. The number of rotatable bonds is 8. The summed E-state index contributed by atoms with van der Waals surface area (Å²) in [5.74, 6) is 0.877. The molecule has 0 aromatic carbocycles. The van der Waals surface area contributed by atoms with Gasteiger partial charge in [-0.15, -0.1) is 0 Å². The monoisotopic (exact) mass is 340 g/mol. The summed E-state index contributed by atoms with van der Waals surface area (Å²) < 4.78 is 7.32. The fourth-order valence-corrected chi connectivity index (χ4v) is 2.97. The van der Waals surface area contributed by atoms with Crippen molar-refractivity contribution in [3.05, 3.63) is 71.7 Å². The van der Waals surface area contributed by atoms with Crippen LogP contribution in [-0.4, -0.2) is 37.4 Å². The van der Waals surface area contributed by atoms with E-state index in [4.69, 9.17) is 4.42 Å². The van der Waals surface area contributed by atoms with Crippen molar-refractivity contribution in [3.8, 4) is 0 Å². The highest BCUT2D eigenvalue weighted by atomic mass is 16.3. The Morgan fingerprint density at radius 2 is 2.12 bits per heavy atom. The number of hydrogen-bond donors (Lipinski definition) is 1. The Bertz CT molecular complexity index is 768. The number of nitrogens with zero attached hydrogens (tertiary/aromatic N) is 4. The van der Waals surface area contributed by atoms with Crippen molar-refractivity contribution < 1.29 is 9.52 Å². The number of pyridine rings is 1. The molecule has 6 nitrogen and oxygen atoms in total. The lowest BCUT2D eigenvalue weighted by molar-refractivity contribution is 0.0838. The SMILES string of the molecule is Cc1cc(C)n(CC(O)CN(Cc2cccnc2)Cc2ccco2)n1. The standard InChI is InChI=1S/C19H24N4O2/c1-15-9-16(2)23(21-15)13-18(24)12-22(14-19-6-4-8-25-19)11-17-5-3-7-20-10-17/h3-10,18,24H,11-14H2,1-2H3. The molecular formula is C19H24N4O2. The Kier molecular flexibility index (Phi) is 5.63. The van der Waals surface area contributed by atoms with E-state index in [-0.39, 0.29) is 0 Å². The number of aromatic nitrogens is 3. The Hall–Kier alpha value is -2.44. The van der Waals surface area contributed by atoms with Crippen molar-refractivity contribution >= 4 is 0 Å². The van der Waals surface area contributed by atoms with Gasteiger partial charge in [0.1, 0.15) is 5.76 Å². The number of aryl methyl sites for hydroxylation is 2. The lowest BCUT2D eigenvalue weighted by atomic mass is 10.2. The van der Waals surface area contributed by atoms with Gasteiger partial charge in [0.25, 0.3) is 0 Å². The zero-order valence-corrected chi connectivity index (χ0v) is 14.7. The molecule has 25 heavy (non-hydrogen) atoms. The Balaban J connectivity index is 1.66. The Labute approximate surface area is 147 Å². The first-order valence-corrected chi connectivity index (χ1v) is 8.43. The van der Waals surface area contributed by atoms with Crippen molar-refractivity contribution in [3.63, 3.8) is 0 Å². The van der Waals surface area contributed by atoms with Gasteiger partial charge >= 0.3 is 0 Å². The van der Waals surface area contributed by atoms with Crippen molar-refractivity contribution in [1.82, 2.24) is 19.7 Å². The minimum absolute atomic E-state index is 0.474. The van der Waals surface area contributed by atoms with Crippen LogP contribution >= 0.6 is 0 Å². The topological polar surface area (TPSA) is 67.3 Å². The molecule has 0 aliphatic carbocycles. The maximum Gasteiger partial charge on any atom is 0.117 e. The summed E-state index contributed by atoms with van der Waals surface area (Å²) in [7, 11) is 0. The maximum absolute atomic E-state index is 10.6. The first-order valence-electron chi connectivity index (χ1n) is 8.43. The largest absolute Gasteiger partial charge is 0.468 e. The molecule has 0 aliphatic rings. The first-order chi connectivity index (χ1) is 12.1.